The molecule has 1 aliphatic rings. The zero-order chi connectivity index (χ0) is 30.1. The third-order valence-electron chi connectivity index (χ3n) is 6.96. The van der Waals surface area contributed by atoms with Gasteiger partial charge in [-0.05, 0) is 48.0 Å². The summed E-state index contributed by atoms with van der Waals surface area (Å²) in [6.45, 7) is 0. The quantitative estimate of drug-likeness (QED) is 0.172. The highest BCUT2D eigenvalue weighted by atomic mass is 79.9. The minimum Gasteiger partial charge on any atom is -0.493 e. The number of ether oxygens (including phenoxy) is 2. The smallest absolute Gasteiger partial charge is 0.262 e. The van der Waals surface area contributed by atoms with Gasteiger partial charge in [0, 0.05) is 16.5 Å². The molecule has 6 rings (SSSR count). The van der Waals surface area contributed by atoms with E-state index in [1.165, 1.54) is 28.0 Å². The number of aromatic nitrogens is 4. The van der Waals surface area contributed by atoms with Crippen molar-refractivity contribution in [3.05, 3.63) is 105 Å². The molecule has 0 fully saturated rings. The van der Waals surface area contributed by atoms with E-state index in [0.29, 0.717) is 29.3 Å². The van der Waals surface area contributed by atoms with Crippen LogP contribution in [0.2, 0.25) is 0 Å². The van der Waals surface area contributed by atoms with E-state index in [9.17, 15) is 14.0 Å². The van der Waals surface area contributed by atoms with Crippen LogP contribution in [0.25, 0.3) is 16.7 Å². The number of aromatic amines is 1. The van der Waals surface area contributed by atoms with Crippen LogP contribution in [0.1, 0.15) is 23.6 Å². The molecule has 43 heavy (non-hydrogen) atoms. The Labute approximate surface area is 257 Å². The van der Waals surface area contributed by atoms with Crippen LogP contribution in [0.3, 0.4) is 0 Å². The first-order valence-corrected chi connectivity index (χ1v) is 14.9. The molecule has 5 aromatic rings. The second-order valence-electron chi connectivity index (χ2n) is 9.52. The number of H-pyrrole nitrogens is 1. The van der Waals surface area contributed by atoms with E-state index in [0.717, 1.165) is 33.1 Å². The summed E-state index contributed by atoms with van der Waals surface area (Å²) in [4.78, 5) is 33.9. The number of rotatable bonds is 8. The molecule has 10 nitrogen and oxygen atoms in total. The zero-order valence-electron chi connectivity index (χ0n) is 23.0. The Kier molecular flexibility index (Phi) is 8.00. The Bertz CT molecular complexity index is 1910. The van der Waals surface area contributed by atoms with Crippen LogP contribution < -0.4 is 15.0 Å². The van der Waals surface area contributed by atoms with E-state index < -0.39 is 17.4 Å². The van der Waals surface area contributed by atoms with Gasteiger partial charge in [0.1, 0.15) is 11.2 Å². The molecule has 0 unspecified atom stereocenters. The van der Waals surface area contributed by atoms with E-state index in [-0.39, 0.29) is 22.2 Å². The highest BCUT2D eigenvalue weighted by Gasteiger charge is 2.35. The van der Waals surface area contributed by atoms with Crippen LogP contribution in [0.15, 0.2) is 92.5 Å². The lowest BCUT2D eigenvalue weighted by Crippen LogP contribution is -2.29. The molecule has 0 saturated carbocycles. The summed E-state index contributed by atoms with van der Waals surface area (Å²) in [7, 11) is 3.12. The average Bonchev–Trinajstić information content (AvgIpc) is 3.66. The number of methoxy groups -OCH3 is 2. The number of hydrogen-bond acceptors (Lipinski definition) is 8. The molecule has 0 radical (unpaired) electrons. The lowest BCUT2D eigenvalue weighted by Gasteiger charge is -2.24. The number of benzene rings is 3. The van der Waals surface area contributed by atoms with Crippen molar-refractivity contribution in [3.63, 3.8) is 0 Å². The summed E-state index contributed by atoms with van der Waals surface area (Å²) in [6.07, 6.45) is 1.86. The fourth-order valence-electron chi connectivity index (χ4n) is 4.91. The highest BCUT2D eigenvalue weighted by Crippen LogP contribution is 2.42. The standard InChI is InChI=1S/C30H24BrFN6O4S/c1-41-25-5-3-4-21(27(25)42-2)24-14-23(17-6-8-18(31)9-7-17)36-38(24)26(39)16-43-30-34-28-22(29(40)35-30)15-33-37(28)20-12-10-19(32)11-13-20/h3-13,15,24H,14,16H2,1-2H3,(H,34,35,40)/t24-/m1/s1. The van der Waals surface area contributed by atoms with Crippen molar-refractivity contribution in [2.75, 3.05) is 20.0 Å². The number of hydrazone groups is 1. The predicted molar refractivity (Wildman–Crippen MR) is 165 cm³/mol. The summed E-state index contributed by atoms with van der Waals surface area (Å²) >= 11 is 4.54. The van der Waals surface area contributed by atoms with Crippen LogP contribution in [0.5, 0.6) is 11.5 Å². The maximum atomic E-state index is 13.8. The number of thioether (sulfide) groups is 1. The molecule has 218 valence electrons. The normalized spacial score (nSPS) is 14.7. The van der Waals surface area contributed by atoms with Gasteiger partial charge in [-0.25, -0.2) is 19.1 Å². The van der Waals surface area contributed by atoms with E-state index in [4.69, 9.17) is 14.6 Å². The van der Waals surface area contributed by atoms with Crippen molar-refractivity contribution in [3.8, 4) is 17.2 Å². The van der Waals surface area contributed by atoms with Crippen molar-refractivity contribution in [1.82, 2.24) is 24.8 Å². The first-order valence-electron chi connectivity index (χ1n) is 13.1. The van der Waals surface area contributed by atoms with Gasteiger partial charge in [0.05, 0.1) is 43.6 Å². The molecule has 1 N–H and O–H groups in total. The number of hydrogen-bond donors (Lipinski definition) is 1. The van der Waals surface area contributed by atoms with Gasteiger partial charge in [-0.15, -0.1) is 0 Å². The zero-order valence-corrected chi connectivity index (χ0v) is 25.4. The van der Waals surface area contributed by atoms with Crippen LogP contribution in [0.4, 0.5) is 4.39 Å². The molecule has 3 heterocycles. The fraction of sp³-hybridized carbons (Fsp3) is 0.167. The number of nitrogens with one attached hydrogen (secondary N) is 1. The number of halogens is 2. The predicted octanol–water partition coefficient (Wildman–Crippen LogP) is 5.50. The number of amides is 1. The van der Waals surface area contributed by atoms with Crippen LogP contribution >= 0.6 is 27.7 Å². The second kappa shape index (κ2) is 12.0. The molecule has 0 bridgehead atoms. The second-order valence-corrected chi connectivity index (χ2v) is 11.4. The Hall–Kier alpha value is -4.49. The summed E-state index contributed by atoms with van der Waals surface area (Å²) in [6, 6.07) is 18.5. The summed E-state index contributed by atoms with van der Waals surface area (Å²) in [5.41, 5.74) is 2.83. The van der Waals surface area contributed by atoms with Gasteiger partial charge in [0.2, 0.25) is 0 Å². The molecule has 1 aliphatic heterocycles. The van der Waals surface area contributed by atoms with Crippen LogP contribution in [0, 0.1) is 5.82 Å². The van der Waals surface area contributed by atoms with Gasteiger partial charge >= 0.3 is 0 Å². The summed E-state index contributed by atoms with van der Waals surface area (Å²) in [5, 5.41) is 11.0. The molecular weight excluding hydrogens is 639 g/mol. The monoisotopic (exact) mass is 662 g/mol. The maximum Gasteiger partial charge on any atom is 0.262 e. The largest absolute Gasteiger partial charge is 0.493 e. The van der Waals surface area contributed by atoms with E-state index in [1.54, 1.807) is 32.4 Å². The van der Waals surface area contributed by atoms with Gasteiger partial charge in [0.25, 0.3) is 11.5 Å². The van der Waals surface area contributed by atoms with Crippen LogP contribution in [-0.2, 0) is 4.79 Å². The van der Waals surface area contributed by atoms with Crippen molar-refractivity contribution in [1.29, 1.82) is 0 Å². The number of carbonyl (C=O) groups excluding carboxylic acids is 1. The molecule has 0 saturated heterocycles. The summed E-state index contributed by atoms with van der Waals surface area (Å²) < 4.78 is 27.0. The van der Waals surface area contributed by atoms with E-state index in [2.05, 4.69) is 31.0 Å². The number of para-hydroxylation sites is 1. The number of nitrogens with zero attached hydrogens (tertiary/aromatic N) is 5. The Balaban J connectivity index is 1.31. The Morgan fingerprint density at radius 3 is 2.58 bits per heavy atom. The minimum atomic E-state index is -0.453. The molecule has 13 heteroatoms. The minimum absolute atomic E-state index is 0.0565. The first kappa shape index (κ1) is 28.6. The highest BCUT2D eigenvalue weighted by molar-refractivity contribution is 9.10. The van der Waals surface area contributed by atoms with Crippen molar-refractivity contribution in [2.45, 2.75) is 17.6 Å². The number of fused-ring (bicyclic) bond motifs is 1. The fourth-order valence-corrected chi connectivity index (χ4v) is 5.88. The van der Waals surface area contributed by atoms with Crippen LogP contribution in [-0.4, -0.2) is 56.3 Å². The van der Waals surface area contributed by atoms with E-state index >= 15 is 0 Å². The van der Waals surface area contributed by atoms with Crippen molar-refractivity contribution in [2.24, 2.45) is 5.10 Å². The third kappa shape index (κ3) is 5.65. The van der Waals surface area contributed by atoms with E-state index in [1.807, 2.05) is 36.4 Å². The SMILES string of the molecule is COc1cccc([C@H]2CC(c3ccc(Br)cc3)=NN2C(=O)CSc2nc3c(cnn3-c3ccc(F)cc3)c(=O)[nH]2)c1OC. The van der Waals surface area contributed by atoms with Gasteiger partial charge in [0.15, 0.2) is 22.3 Å². The van der Waals surface area contributed by atoms with Gasteiger partial charge in [-0.2, -0.15) is 10.2 Å². The molecule has 2 aromatic heterocycles. The summed E-state index contributed by atoms with van der Waals surface area (Å²) in [5.74, 6) is 0.337. The Morgan fingerprint density at radius 2 is 1.86 bits per heavy atom. The lowest BCUT2D eigenvalue weighted by atomic mass is 9.97. The molecule has 1 amide bonds. The average molecular weight is 664 g/mol. The van der Waals surface area contributed by atoms with Gasteiger partial charge < -0.3 is 14.5 Å². The molecule has 3 aromatic carbocycles. The lowest BCUT2D eigenvalue weighted by molar-refractivity contribution is -0.130. The maximum absolute atomic E-state index is 13.8. The van der Waals surface area contributed by atoms with Gasteiger partial charge in [-0.3, -0.25) is 9.59 Å². The Morgan fingerprint density at radius 1 is 1.09 bits per heavy atom. The number of carbonyl (C=O) groups is 1. The van der Waals surface area contributed by atoms with Crippen molar-refractivity contribution >= 4 is 50.3 Å². The molecular formula is C30H24BrFN6O4S. The van der Waals surface area contributed by atoms with Gasteiger partial charge in [-0.1, -0.05) is 52.0 Å². The molecule has 1 atom stereocenters. The first-order chi connectivity index (χ1) is 20.9. The van der Waals surface area contributed by atoms with Crippen molar-refractivity contribution < 1.29 is 18.7 Å². The third-order valence-corrected chi connectivity index (χ3v) is 8.34. The topological polar surface area (TPSA) is 115 Å². The molecule has 0 spiro atoms. The molecule has 0 aliphatic carbocycles.